The Labute approximate surface area is 132 Å². The Bertz CT molecular complexity index is 924. The van der Waals surface area contributed by atoms with Crippen LogP contribution in [0, 0.1) is 6.92 Å². The van der Waals surface area contributed by atoms with E-state index in [4.69, 9.17) is 4.42 Å². The molecule has 2 N–H and O–H groups in total. The summed E-state index contributed by atoms with van der Waals surface area (Å²) in [6, 6.07) is 12.9. The molecule has 2 aromatic carbocycles. The minimum atomic E-state index is -0.426. The third-order valence-corrected chi connectivity index (χ3v) is 3.55. The zero-order valence-corrected chi connectivity index (χ0v) is 12.9. The van der Waals surface area contributed by atoms with Gasteiger partial charge >= 0.3 is 5.76 Å². The highest BCUT2D eigenvalue weighted by Gasteiger charge is 2.08. The molecule has 0 aliphatic rings. The standard InChI is InChI=1S/C17H17N3O3/c1-11-4-3-5-12(8-11)18-10-16(21)19-13-6-7-14-15(9-13)23-17(22)20(14)2/h3-9,18H,10H2,1-2H3,(H,19,21). The Morgan fingerprint density at radius 2 is 2.00 bits per heavy atom. The Hall–Kier alpha value is -3.02. The SMILES string of the molecule is Cc1cccc(NCC(=O)Nc2ccc3c(c2)oc(=O)n3C)c1. The molecule has 23 heavy (non-hydrogen) atoms. The van der Waals surface area contributed by atoms with Crippen molar-refractivity contribution >= 4 is 28.4 Å². The number of anilines is 2. The fourth-order valence-electron chi connectivity index (χ4n) is 2.35. The highest BCUT2D eigenvalue weighted by Crippen LogP contribution is 2.17. The highest BCUT2D eigenvalue weighted by atomic mass is 16.4. The number of fused-ring (bicyclic) bond motifs is 1. The summed E-state index contributed by atoms with van der Waals surface area (Å²) in [7, 11) is 1.64. The van der Waals surface area contributed by atoms with Crippen molar-refractivity contribution < 1.29 is 9.21 Å². The van der Waals surface area contributed by atoms with Crippen molar-refractivity contribution in [2.45, 2.75) is 6.92 Å². The molecule has 0 saturated heterocycles. The van der Waals surface area contributed by atoms with E-state index >= 15 is 0 Å². The van der Waals surface area contributed by atoms with Gasteiger partial charge in [0.25, 0.3) is 0 Å². The van der Waals surface area contributed by atoms with Crippen LogP contribution in [0.4, 0.5) is 11.4 Å². The lowest BCUT2D eigenvalue weighted by atomic mass is 10.2. The number of benzene rings is 2. The molecule has 0 unspecified atom stereocenters. The van der Waals surface area contributed by atoms with Gasteiger partial charge in [0.05, 0.1) is 12.1 Å². The maximum absolute atomic E-state index is 12.0. The van der Waals surface area contributed by atoms with Crippen LogP contribution in [0.25, 0.3) is 11.1 Å². The van der Waals surface area contributed by atoms with E-state index in [0.29, 0.717) is 16.8 Å². The average molecular weight is 311 g/mol. The molecule has 6 nitrogen and oxygen atoms in total. The Morgan fingerprint density at radius 1 is 1.17 bits per heavy atom. The zero-order chi connectivity index (χ0) is 16.4. The molecule has 1 heterocycles. The van der Waals surface area contributed by atoms with Gasteiger partial charge < -0.3 is 15.1 Å². The summed E-state index contributed by atoms with van der Waals surface area (Å²) >= 11 is 0. The molecular weight excluding hydrogens is 294 g/mol. The van der Waals surface area contributed by atoms with Crippen LogP contribution >= 0.6 is 0 Å². The number of nitrogens with one attached hydrogen (secondary N) is 2. The Morgan fingerprint density at radius 3 is 2.78 bits per heavy atom. The van der Waals surface area contributed by atoms with E-state index in [1.54, 1.807) is 25.2 Å². The summed E-state index contributed by atoms with van der Waals surface area (Å²) in [5, 5.41) is 5.84. The van der Waals surface area contributed by atoms with E-state index in [9.17, 15) is 9.59 Å². The smallest absolute Gasteiger partial charge is 0.408 e. The van der Waals surface area contributed by atoms with Crippen molar-refractivity contribution in [2.75, 3.05) is 17.2 Å². The van der Waals surface area contributed by atoms with E-state index < -0.39 is 5.76 Å². The molecule has 0 aliphatic carbocycles. The topological polar surface area (TPSA) is 76.3 Å². The molecule has 0 atom stereocenters. The predicted octanol–water partition coefficient (Wildman–Crippen LogP) is 2.49. The number of hydrogen-bond acceptors (Lipinski definition) is 4. The maximum atomic E-state index is 12.0. The lowest BCUT2D eigenvalue weighted by molar-refractivity contribution is -0.114. The molecular formula is C17H17N3O3. The van der Waals surface area contributed by atoms with E-state index in [1.807, 2.05) is 31.2 Å². The number of oxazole rings is 1. The van der Waals surface area contributed by atoms with Crippen molar-refractivity contribution in [1.82, 2.24) is 4.57 Å². The molecule has 3 aromatic rings. The van der Waals surface area contributed by atoms with Crippen molar-refractivity contribution in [2.24, 2.45) is 7.05 Å². The molecule has 1 amide bonds. The van der Waals surface area contributed by atoms with Crippen molar-refractivity contribution in [3.8, 4) is 0 Å². The van der Waals surface area contributed by atoms with Gasteiger partial charge in [0.1, 0.15) is 0 Å². The van der Waals surface area contributed by atoms with Crippen LogP contribution in [0.15, 0.2) is 51.7 Å². The number of carbonyl (C=O) groups excluding carboxylic acids is 1. The average Bonchev–Trinajstić information content (AvgIpc) is 2.80. The monoisotopic (exact) mass is 311 g/mol. The minimum absolute atomic E-state index is 0.153. The second-order valence-corrected chi connectivity index (χ2v) is 5.38. The molecule has 1 aromatic heterocycles. The summed E-state index contributed by atoms with van der Waals surface area (Å²) in [4.78, 5) is 23.5. The number of aryl methyl sites for hydroxylation is 2. The van der Waals surface area contributed by atoms with E-state index in [2.05, 4.69) is 10.6 Å². The number of carbonyl (C=O) groups is 1. The lowest BCUT2D eigenvalue weighted by Gasteiger charge is -2.08. The summed E-state index contributed by atoms with van der Waals surface area (Å²) in [5.74, 6) is -0.603. The van der Waals surface area contributed by atoms with Gasteiger partial charge in [-0.15, -0.1) is 0 Å². The second kappa shape index (κ2) is 6.00. The first-order valence-corrected chi connectivity index (χ1v) is 7.23. The zero-order valence-electron chi connectivity index (χ0n) is 12.9. The first kappa shape index (κ1) is 14.9. The second-order valence-electron chi connectivity index (χ2n) is 5.38. The highest BCUT2D eigenvalue weighted by molar-refractivity contribution is 5.95. The maximum Gasteiger partial charge on any atom is 0.419 e. The summed E-state index contributed by atoms with van der Waals surface area (Å²) in [5.41, 5.74) is 3.74. The number of amides is 1. The van der Waals surface area contributed by atoms with Crippen molar-refractivity contribution in [3.63, 3.8) is 0 Å². The first-order valence-electron chi connectivity index (χ1n) is 7.23. The summed E-state index contributed by atoms with van der Waals surface area (Å²) in [6.07, 6.45) is 0. The fourth-order valence-corrected chi connectivity index (χ4v) is 2.35. The van der Waals surface area contributed by atoms with Crippen LogP contribution in [-0.4, -0.2) is 17.0 Å². The van der Waals surface area contributed by atoms with E-state index in [0.717, 1.165) is 11.3 Å². The normalized spacial score (nSPS) is 10.7. The van der Waals surface area contributed by atoms with Gasteiger partial charge in [-0.25, -0.2) is 4.79 Å². The van der Waals surface area contributed by atoms with Gasteiger partial charge in [-0.05, 0) is 36.8 Å². The summed E-state index contributed by atoms with van der Waals surface area (Å²) < 4.78 is 6.52. The molecule has 0 aliphatic heterocycles. The van der Waals surface area contributed by atoms with Crippen molar-refractivity contribution in [1.29, 1.82) is 0 Å². The van der Waals surface area contributed by atoms with Gasteiger partial charge in [-0.1, -0.05) is 12.1 Å². The molecule has 0 fully saturated rings. The first-order chi connectivity index (χ1) is 11.0. The van der Waals surface area contributed by atoms with Crippen LogP contribution in [0.2, 0.25) is 0 Å². The molecule has 0 bridgehead atoms. The molecule has 6 heteroatoms. The van der Waals surface area contributed by atoms with E-state index in [1.165, 1.54) is 4.57 Å². The van der Waals surface area contributed by atoms with Crippen LogP contribution in [0.5, 0.6) is 0 Å². The number of nitrogens with zero attached hydrogens (tertiary/aromatic N) is 1. The van der Waals surface area contributed by atoms with Crippen molar-refractivity contribution in [3.05, 3.63) is 58.6 Å². The third-order valence-electron chi connectivity index (χ3n) is 3.55. The predicted molar refractivity (Wildman–Crippen MR) is 89.8 cm³/mol. The largest absolute Gasteiger partial charge is 0.419 e. The molecule has 0 saturated carbocycles. The third kappa shape index (κ3) is 3.26. The number of hydrogen-bond donors (Lipinski definition) is 2. The minimum Gasteiger partial charge on any atom is -0.408 e. The van der Waals surface area contributed by atoms with Gasteiger partial charge in [-0.3, -0.25) is 9.36 Å². The number of aromatic nitrogens is 1. The Kier molecular flexibility index (Phi) is 3.89. The van der Waals surface area contributed by atoms with Crippen LogP contribution < -0.4 is 16.4 Å². The fraction of sp³-hybridized carbons (Fsp3) is 0.176. The summed E-state index contributed by atoms with van der Waals surface area (Å²) in [6.45, 7) is 2.15. The van der Waals surface area contributed by atoms with Gasteiger partial charge in [0.2, 0.25) is 5.91 Å². The molecule has 0 radical (unpaired) electrons. The van der Waals surface area contributed by atoms with Crippen LogP contribution in [0.1, 0.15) is 5.56 Å². The Balaban J connectivity index is 1.67. The molecule has 118 valence electrons. The van der Waals surface area contributed by atoms with E-state index in [-0.39, 0.29) is 12.5 Å². The molecule has 3 rings (SSSR count). The molecule has 0 spiro atoms. The quantitative estimate of drug-likeness (QED) is 0.776. The lowest BCUT2D eigenvalue weighted by Crippen LogP contribution is -2.21. The van der Waals surface area contributed by atoms with Gasteiger partial charge in [-0.2, -0.15) is 0 Å². The van der Waals surface area contributed by atoms with Gasteiger partial charge in [0.15, 0.2) is 5.58 Å². The van der Waals surface area contributed by atoms with Gasteiger partial charge in [0, 0.05) is 24.5 Å². The van der Waals surface area contributed by atoms with Crippen LogP contribution in [-0.2, 0) is 11.8 Å². The number of rotatable bonds is 4. The van der Waals surface area contributed by atoms with Crippen LogP contribution in [0.3, 0.4) is 0 Å².